The number of hydrazine groups is 1. The Morgan fingerprint density at radius 2 is 1.77 bits per heavy atom. The number of hydrogen-bond donors (Lipinski definition) is 5. The van der Waals surface area contributed by atoms with Gasteiger partial charge in [-0.15, -0.1) is 11.3 Å². The van der Waals surface area contributed by atoms with E-state index in [0.29, 0.717) is 43.8 Å². The van der Waals surface area contributed by atoms with Crippen LogP contribution in [0.15, 0.2) is 35.7 Å². The molecule has 1 saturated heterocycles. The van der Waals surface area contributed by atoms with Gasteiger partial charge in [0.2, 0.25) is 5.91 Å². The molecule has 0 aliphatic carbocycles. The lowest BCUT2D eigenvalue weighted by Gasteiger charge is -2.40. The molecule has 6 N–H and O–H groups in total. The Bertz CT molecular complexity index is 1550. The van der Waals surface area contributed by atoms with Gasteiger partial charge in [0.1, 0.15) is 36.2 Å². The molecule has 0 bridgehead atoms. The summed E-state index contributed by atoms with van der Waals surface area (Å²) >= 11 is 1.29. The normalized spacial score (nSPS) is 17.0. The van der Waals surface area contributed by atoms with E-state index in [0.717, 1.165) is 37.9 Å². The maximum atomic E-state index is 14.7. The number of carbonyl (C=O) groups is 4. The SMILES string of the molecule is CCCOC(CC(C(C)C)N(COCC)C(=O)C(NCC1CCCCN1C)C(C)CC)c1nc(C(=O)NC(Cc2ccccc2)C(=O)NNC(=O)OCCOCCN)cs1. The Morgan fingerprint density at radius 3 is 2.43 bits per heavy atom. The summed E-state index contributed by atoms with van der Waals surface area (Å²) in [5, 5.41) is 8.71. The van der Waals surface area contributed by atoms with Gasteiger partial charge in [-0.05, 0) is 57.2 Å². The standard InChI is InChI=1S/C43H72N8O8S/c1-8-21-58-37(26-36(30(4)5)51(29-56-10-3)42(54)38(31(6)9-2)45-27-33-18-14-15-20-50(33)7)41-47-35(28-60-41)39(52)46-34(25-32-16-12-11-13-17-32)40(53)48-49-43(55)59-24-23-57-22-19-44/h11-13,16-17,28,30-31,33-34,36-38,45H,8-10,14-15,18-27,29,44H2,1-7H3,(H,46,52)(H,48,53)(H,49,55). The molecule has 338 valence electrons. The third-order valence-electron chi connectivity index (χ3n) is 10.8. The Hall–Kier alpha value is -3.71. The predicted molar refractivity (Wildman–Crippen MR) is 233 cm³/mol. The van der Waals surface area contributed by atoms with E-state index in [9.17, 15) is 19.2 Å². The van der Waals surface area contributed by atoms with Crippen molar-refractivity contribution in [2.75, 3.05) is 66.4 Å². The number of nitrogens with two attached hydrogens (primary N) is 1. The van der Waals surface area contributed by atoms with Gasteiger partial charge in [0.25, 0.3) is 11.8 Å². The summed E-state index contributed by atoms with van der Waals surface area (Å²) in [6.45, 7) is 16.0. The molecule has 16 nitrogen and oxygen atoms in total. The number of rotatable bonds is 27. The van der Waals surface area contributed by atoms with Gasteiger partial charge >= 0.3 is 6.09 Å². The molecule has 6 atom stereocenters. The molecule has 17 heteroatoms. The number of carbonyl (C=O) groups excluding carboxylic acids is 4. The Morgan fingerprint density at radius 1 is 1.00 bits per heavy atom. The first-order valence-corrected chi connectivity index (χ1v) is 22.6. The van der Waals surface area contributed by atoms with Crippen molar-refractivity contribution in [3.63, 3.8) is 0 Å². The molecule has 60 heavy (non-hydrogen) atoms. The Labute approximate surface area is 361 Å². The van der Waals surface area contributed by atoms with Crippen LogP contribution < -0.4 is 27.2 Å². The number of piperidine rings is 1. The van der Waals surface area contributed by atoms with Gasteiger partial charge in [-0.2, -0.15) is 0 Å². The number of aromatic nitrogens is 1. The predicted octanol–water partition coefficient (Wildman–Crippen LogP) is 4.41. The Kier molecular flexibility index (Phi) is 23.6. The van der Waals surface area contributed by atoms with Crippen LogP contribution in [0.4, 0.5) is 4.79 Å². The minimum absolute atomic E-state index is 0.00502. The number of nitrogens with one attached hydrogen (secondary N) is 4. The fourth-order valence-electron chi connectivity index (χ4n) is 7.05. The first kappa shape index (κ1) is 50.6. The number of likely N-dealkylation sites (tertiary alicyclic amines) is 1. The van der Waals surface area contributed by atoms with Crippen molar-refractivity contribution in [3.05, 3.63) is 52.0 Å². The zero-order valence-electron chi connectivity index (χ0n) is 36.9. The number of thiazole rings is 1. The zero-order valence-corrected chi connectivity index (χ0v) is 37.7. The molecule has 1 aliphatic rings. The highest BCUT2D eigenvalue weighted by Crippen LogP contribution is 2.32. The van der Waals surface area contributed by atoms with Crippen molar-refractivity contribution in [3.8, 4) is 0 Å². The summed E-state index contributed by atoms with van der Waals surface area (Å²) < 4.78 is 22.6. The van der Waals surface area contributed by atoms with Crippen LogP contribution in [0.2, 0.25) is 0 Å². The van der Waals surface area contributed by atoms with Crippen molar-refractivity contribution < 1.29 is 38.1 Å². The topological polar surface area (TPSA) is 199 Å². The summed E-state index contributed by atoms with van der Waals surface area (Å²) in [5.74, 6) is -1.08. The van der Waals surface area contributed by atoms with E-state index in [2.05, 4.69) is 61.1 Å². The van der Waals surface area contributed by atoms with Crippen LogP contribution >= 0.6 is 11.3 Å². The maximum Gasteiger partial charge on any atom is 0.426 e. The monoisotopic (exact) mass is 861 g/mol. The second kappa shape index (κ2) is 28.0. The summed E-state index contributed by atoms with van der Waals surface area (Å²) in [4.78, 5) is 63.1. The molecule has 1 fully saturated rings. The third kappa shape index (κ3) is 17.0. The van der Waals surface area contributed by atoms with E-state index in [4.69, 9.17) is 29.7 Å². The summed E-state index contributed by atoms with van der Waals surface area (Å²) in [7, 11) is 2.16. The van der Waals surface area contributed by atoms with Gasteiger partial charge < -0.3 is 45.1 Å². The van der Waals surface area contributed by atoms with Crippen molar-refractivity contribution in [1.29, 1.82) is 0 Å². The Balaban J connectivity index is 1.81. The minimum atomic E-state index is -1.07. The number of likely N-dealkylation sites (N-methyl/N-ethyl adjacent to an activating group) is 1. The minimum Gasteiger partial charge on any atom is -0.446 e. The van der Waals surface area contributed by atoms with E-state index in [1.807, 2.05) is 49.1 Å². The van der Waals surface area contributed by atoms with E-state index >= 15 is 0 Å². The van der Waals surface area contributed by atoms with Crippen molar-refractivity contribution in [1.82, 2.24) is 36.3 Å². The summed E-state index contributed by atoms with van der Waals surface area (Å²) in [5.41, 5.74) is 10.9. The molecule has 3 rings (SSSR count). The molecule has 0 radical (unpaired) electrons. The van der Waals surface area contributed by atoms with E-state index < -0.39 is 30.1 Å². The second-order valence-electron chi connectivity index (χ2n) is 15.7. The van der Waals surface area contributed by atoms with Crippen molar-refractivity contribution >= 4 is 35.2 Å². The van der Waals surface area contributed by atoms with E-state index in [1.54, 1.807) is 5.38 Å². The fourth-order valence-corrected chi connectivity index (χ4v) is 7.91. The van der Waals surface area contributed by atoms with Gasteiger partial charge in [0.15, 0.2) is 0 Å². The maximum absolute atomic E-state index is 14.7. The lowest BCUT2D eigenvalue weighted by atomic mass is 9.92. The van der Waals surface area contributed by atoms with Gasteiger partial charge in [0, 0.05) is 56.6 Å². The first-order valence-electron chi connectivity index (χ1n) is 21.7. The van der Waals surface area contributed by atoms with Crippen LogP contribution in [0.1, 0.15) is 107 Å². The van der Waals surface area contributed by atoms with Gasteiger partial charge in [0.05, 0.1) is 19.3 Å². The van der Waals surface area contributed by atoms with Crippen LogP contribution in [0.25, 0.3) is 0 Å². The lowest BCUT2D eigenvalue weighted by Crippen LogP contribution is -2.57. The summed E-state index contributed by atoms with van der Waals surface area (Å²) in [6, 6.07) is 7.86. The van der Waals surface area contributed by atoms with Gasteiger partial charge in [-0.3, -0.25) is 19.8 Å². The number of nitrogens with zero attached hydrogens (tertiary/aromatic N) is 3. The number of benzene rings is 1. The molecular weight excluding hydrogens is 789 g/mol. The van der Waals surface area contributed by atoms with Crippen LogP contribution in [0, 0.1) is 11.8 Å². The first-order chi connectivity index (χ1) is 28.9. The van der Waals surface area contributed by atoms with Crippen molar-refractivity contribution in [2.45, 2.75) is 117 Å². The molecule has 6 unspecified atom stereocenters. The molecule has 1 aromatic carbocycles. The molecule has 4 amide bonds. The lowest BCUT2D eigenvalue weighted by molar-refractivity contribution is -0.147. The van der Waals surface area contributed by atoms with E-state index in [-0.39, 0.29) is 61.9 Å². The number of hydrogen-bond acceptors (Lipinski definition) is 13. The smallest absolute Gasteiger partial charge is 0.426 e. The zero-order chi connectivity index (χ0) is 43.9. The largest absolute Gasteiger partial charge is 0.446 e. The number of amides is 4. The molecule has 2 aromatic rings. The molecule has 2 heterocycles. The molecule has 1 aliphatic heterocycles. The van der Waals surface area contributed by atoms with Crippen LogP contribution in [0.5, 0.6) is 0 Å². The van der Waals surface area contributed by atoms with Gasteiger partial charge in [-0.25, -0.2) is 15.2 Å². The van der Waals surface area contributed by atoms with E-state index in [1.165, 1.54) is 24.2 Å². The molecule has 1 aromatic heterocycles. The molecule has 0 saturated carbocycles. The highest BCUT2D eigenvalue weighted by molar-refractivity contribution is 7.09. The highest BCUT2D eigenvalue weighted by Gasteiger charge is 2.37. The van der Waals surface area contributed by atoms with Crippen LogP contribution in [0.3, 0.4) is 0 Å². The van der Waals surface area contributed by atoms with Gasteiger partial charge in [-0.1, -0.05) is 77.8 Å². The van der Waals surface area contributed by atoms with Crippen LogP contribution in [-0.2, 0) is 35.0 Å². The fraction of sp³-hybridized carbons (Fsp3) is 0.698. The average molecular weight is 861 g/mol. The second-order valence-corrected chi connectivity index (χ2v) is 16.6. The number of ether oxygens (including phenoxy) is 4. The quantitative estimate of drug-likeness (QED) is 0.0483. The average Bonchev–Trinajstić information content (AvgIpc) is 3.74. The molecule has 0 spiro atoms. The summed E-state index contributed by atoms with van der Waals surface area (Å²) in [6.07, 6.45) is 4.27. The van der Waals surface area contributed by atoms with Crippen LogP contribution in [-0.4, -0.2) is 129 Å². The third-order valence-corrected chi connectivity index (χ3v) is 11.7. The van der Waals surface area contributed by atoms with Crippen molar-refractivity contribution in [2.24, 2.45) is 17.6 Å². The molecular formula is C43H72N8O8S. The highest BCUT2D eigenvalue weighted by atomic mass is 32.1.